The van der Waals surface area contributed by atoms with Gasteiger partial charge in [0.2, 0.25) is 0 Å². The van der Waals surface area contributed by atoms with Crippen LogP contribution in [-0.4, -0.2) is 13.1 Å². The van der Waals surface area contributed by atoms with Crippen LogP contribution in [0.15, 0.2) is 12.2 Å². The highest BCUT2D eigenvalue weighted by Gasteiger charge is 1.97. The fourth-order valence-electron chi connectivity index (χ4n) is 0.918. The van der Waals surface area contributed by atoms with Gasteiger partial charge in [-0.1, -0.05) is 19.1 Å². The Morgan fingerprint density at radius 3 is 2.67 bits per heavy atom. The first-order chi connectivity index (χ1) is 5.81. The number of hydrogen-bond acceptors (Lipinski definition) is 2. The number of carbonyl (C=O) groups is 1. The molecule has 0 aliphatic heterocycles. The van der Waals surface area contributed by atoms with Crippen LogP contribution in [0.2, 0.25) is 0 Å². The molecule has 70 valence electrons. The summed E-state index contributed by atoms with van der Waals surface area (Å²) in [6.07, 6.45) is 9.04. The number of esters is 1. The fraction of sp³-hybridized carbons (Fsp3) is 0.700. The Morgan fingerprint density at radius 2 is 2.08 bits per heavy atom. The molecule has 2 nitrogen and oxygen atoms in total. The van der Waals surface area contributed by atoms with E-state index in [-0.39, 0.29) is 5.97 Å². The van der Waals surface area contributed by atoms with E-state index in [2.05, 4.69) is 23.8 Å². The molecule has 2 heteroatoms. The van der Waals surface area contributed by atoms with Crippen LogP contribution in [0.25, 0.3) is 0 Å². The molecule has 0 unspecified atom stereocenters. The minimum Gasteiger partial charge on any atom is -0.469 e. The van der Waals surface area contributed by atoms with Crippen molar-refractivity contribution in [3.05, 3.63) is 12.2 Å². The fourth-order valence-corrected chi connectivity index (χ4v) is 0.918. The Labute approximate surface area is 74.6 Å². The maximum absolute atomic E-state index is 10.7. The summed E-state index contributed by atoms with van der Waals surface area (Å²) in [6.45, 7) is 2.12. The zero-order chi connectivity index (χ0) is 9.23. The summed E-state index contributed by atoms with van der Waals surface area (Å²) in [5, 5.41) is 0. The van der Waals surface area contributed by atoms with Crippen LogP contribution in [0.5, 0.6) is 0 Å². The SMILES string of the molecule is CC/C=C/CCCCC(=O)OC. The minimum atomic E-state index is -0.102. The molecule has 0 aliphatic carbocycles. The molecule has 0 saturated heterocycles. The van der Waals surface area contributed by atoms with E-state index < -0.39 is 0 Å². The largest absolute Gasteiger partial charge is 0.469 e. The number of methoxy groups -OCH3 is 1. The van der Waals surface area contributed by atoms with Crippen LogP contribution in [0.4, 0.5) is 0 Å². The van der Waals surface area contributed by atoms with Crippen molar-refractivity contribution in [1.29, 1.82) is 0 Å². The third kappa shape index (κ3) is 7.32. The summed E-state index contributed by atoms with van der Waals surface area (Å²) in [6, 6.07) is 0. The molecule has 0 heterocycles. The summed E-state index contributed by atoms with van der Waals surface area (Å²) in [5.74, 6) is -0.102. The van der Waals surface area contributed by atoms with Gasteiger partial charge in [-0.2, -0.15) is 0 Å². The van der Waals surface area contributed by atoms with Gasteiger partial charge in [0.15, 0.2) is 0 Å². The Bertz CT molecular complexity index is 139. The molecule has 12 heavy (non-hydrogen) atoms. The maximum atomic E-state index is 10.7. The Hall–Kier alpha value is -0.790. The van der Waals surface area contributed by atoms with Crippen molar-refractivity contribution < 1.29 is 9.53 Å². The van der Waals surface area contributed by atoms with E-state index in [9.17, 15) is 4.79 Å². The molecule has 0 aromatic heterocycles. The maximum Gasteiger partial charge on any atom is 0.305 e. The number of hydrogen-bond donors (Lipinski definition) is 0. The lowest BCUT2D eigenvalue weighted by Gasteiger charge is -1.96. The smallest absolute Gasteiger partial charge is 0.305 e. The normalized spacial score (nSPS) is 10.5. The Morgan fingerprint density at radius 1 is 1.33 bits per heavy atom. The van der Waals surface area contributed by atoms with Crippen molar-refractivity contribution in [2.75, 3.05) is 7.11 Å². The lowest BCUT2D eigenvalue weighted by molar-refractivity contribution is -0.140. The highest BCUT2D eigenvalue weighted by Crippen LogP contribution is 2.01. The van der Waals surface area contributed by atoms with Crippen LogP contribution in [-0.2, 0) is 9.53 Å². The first-order valence-corrected chi connectivity index (χ1v) is 4.53. The molecule has 0 radical (unpaired) electrons. The summed E-state index contributed by atoms with van der Waals surface area (Å²) in [4.78, 5) is 10.7. The third-order valence-electron chi connectivity index (χ3n) is 1.63. The van der Waals surface area contributed by atoms with Gasteiger partial charge in [0.1, 0.15) is 0 Å². The van der Waals surface area contributed by atoms with Gasteiger partial charge >= 0.3 is 5.97 Å². The molecular weight excluding hydrogens is 152 g/mol. The van der Waals surface area contributed by atoms with Gasteiger partial charge in [0, 0.05) is 6.42 Å². The van der Waals surface area contributed by atoms with Crippen LogP contribution in [0.3, 0.4) is 0 Å². The van der Waals surface area contributed by atoms with E-state index in [4.69, 9.17) is 0 Å². The van der Waals surface area contributed by atoms with Gasteiger partial charge in [-0.15, -0.1) is 0 Å². The minimum absolute atomic E-state index is 0.102. The predicted molar refractivity (Wildman–Crippen MR) is 49.9 cm³/mol. The first-order valence-electron chi connectivity index (χ1n) is 4.53. The lowest BCUT2D eigenvalue weighted by Crippen LogP contribution is -1.98. The highest BCUT2D eigenvalue weighted by molar-refractivity contribution is 5.68. The van der Waals surface area contributed by atoms with Gasteiger partial charge in [0.25, 0.3) is 0 Å². The molecule has 0 saturated carbocycles. The molecule has 0 aromatic rings. The number of allylic oxidation sites excluding steroid dienone is 2. The van der Waals surface area contributed by atoms with Gasteiger partial charge in [-0.05, 0) is 25.7 Å². The van der Waals surface area contributed by atoms with E-state index in [0.717, 1.165) is 25.7 Å². The van der Waals surface area contributed by atoms with E-state index in [0.29, 0.717) is 6.42 Å². The van der Waals surface area contributed by atoms with Crippen LogP contribution < -0.4 is 0 Å². The van der Waals surface area contributed by atoms with Crippen LogP contribution in [0.1, 0.15) is 39.0 Å². The number of unbranched alkanes of at least 4 members (excludes halogenated alkanes) is 2. The lowest BCUT2D eigenvalue weighted by atomic mass is 10.2. The zero-order valence-corrected chi connectivity index (χ0v) is 8.01. The molecule has 0 amide bonds. The molecular formula is C10H18O2. The summed E-state index contributed by atoms with van der Waals surface area (Å²) < 4.78 is 4.52. The second-order valence-corrected chi connectivity index (χ2v) is 2.70. The molecule has 0 N–H and O–H groups in total. The van der Waals surface area contributed by atoms with Gasteiger partial charge in [-0.25, -0.2) is 0 Å². The second kappa shape index (κ2) is 8.31. The van der Waals surface area contributed by atoms with Crippen molar-refractivity contribution in [1.82, 2.24) is 0 Å². The van der Waals surface area contributed by atoms with E-state index in [1.165, 1.54) is 7.11 Å². The zero-order valence-electron chi connectivity index (χ0n) is 8.01. The average molecular weight is 170 g/mol. The monoisotopic (exact) mass is 170 g/mol. The quantitative estimate of drug-likeness (QED) is 0.348. The van der Waals surface area contributed by atoms with Crippen molar-refractivity contribution >= 4 is 5.97 Å². The molecule has 0 spiro atoms. The Balaban J connectivity index is 3.10. The van der Waals surface area contributed by atoms with Crippen molar-refractivity contribution in [3.8, 4) is 0 Å². The van der Waals surface area contributed by atoms with Gasteiger partial charge in [-0.3, -0.25) is 4.79 Å². The highest BCUT2D eigenvalue weighted by atomic mass is 16.5. The molecule has 0 rings (SSSR count). The van der Waals surface area contributed by atoms with Gasteiger partial charge < -0.3 is 4.74 Å². The predicted octanol–water partition coefficient (Wildman–Crippen LogP) is 2.69. The number of rotatable bonds is 6. The van der Waals surface area contributed by atoms with Crippen molar-refractivity contribution in [3.63, 3.8) is 0 Å². The van der Waals surface area contributed by atoms with Gasteiger partial charge in [0.05, 0.1) is 7.11 Å². The summed E-state index contributed by atoms with van der Waals surface area (Å²) in [7, 11) is 1.43. The first kappa shape index (κ1) is 11.2. The average Bonchev–Trinajstić information content (AvgIpc) is 2.10. The number of carbonyl (C=O) groups excluding carboxylic acids is 1. The van der Waals surface area contributed by atoms with Crippen LogP contribution in [0, 0.1) is 0 Å². The third-order valence-corrected chi connectivity index (χ3v) is 1.63. The second-order valence-electron chi connectivity index (χ2n) is 2.70. The molecule has 0 aromatic carbocycles. The van der Waals surface area contributed by atoms with Crippen molar-refractivity contribution in [2.24, 2.45) is 0 Å². The van der Waals surface area contributed by atoms with E-state index in [1.54, 1.807) is 0 Å². The topological polar surface area (TPSA) is 26.3 Å². The van der Waals surface area contributed by atoms with Crippen molar-refractivity contribution in [2.45, 2.75) is 39.0 Å². The standard InChI is InChI=1S/C10H18O2/c1-3-4-5-6-7-8-9-10(11)12-2/h4-5H,3,6-9H2,1-2H3/b5-4+. The molecule has 0 atom stereocenters. The molecule has 0 bridgehead atoms. The summed E-state index contributed by atoms with van der Waals surface area (Å²) in [5.41, 5.74) is 0. The van der Waals surface area contributed by atoms with E-state index in [1.807, 2.05) is 0 Å². The molecule has 0 fully saturated rings. The number of ether oxygens (including phenoxy) is 1. The molecule has 0 aliphatic rings. The van der Waals surface area contributed by atoms with Crippen LogP contribution >= 0.6 is 0 Å². The van der Waals surface area contributed by atoms with E-state index >= 15 is 0 Å². The summed E-state index contributed by atoms with van der Waals surface area (Å²) >= 11 is 0. The Kier molecular flexibility index (Phi) is 7.76.